The van der Waals surface area contributed by atoms with E-state index in [1.807, 2.05) is 26.2 Å². The molecule has 8 nitrogen and oxygen atoms in total. The molecule has 2 atom stereocenters. The molecular formula is C19H42N2O6Si2. The summed E-state index contributed by atoms with van der Waals surface area (Å²) in [4.78, 5) is 36.0. The normalized spacial score (nSPS) is 15.6. The molecule has 0 saturated carbocycles. The Bertz CT molecular complexity index is 570. The number of nitrogens with one attached hydrogen (secondary N) is 1. The molecule has 0 aromatic heterocycles. The Hall–Kier alpha value is -0.786. The number of carbonyl (C=O) groups is 2. The van der Waals surface area contributed by atoms with E-state index < -0.39 is 40.7 Å². The van der Waals surface area contributed by atoms with Crippen molar-refractivity contribution in [3.05, 3.63) is 0 Å². The van der Waals surface area contributed by atoms with Crippen molar-refractivity contribution in [1.82, 2.24) is 10.5 Å². The van der Waals surface area contributed by atoms with Crippen LogP contribution < -0.4 is 5.48 Å². The summed E-state index contributed by atoms with van der Waals surface area (Å²) in [5.41, 5.74) is 2.32. The van der Waals surface area contributed by atoms with Crippen LogP contribution in [0.15, 0.2) is 0 Å². The largest absolute Gasteiger partial charge is 0.402 e. The van der Waals surface area contributed by atoms with Gasteiger partial charge in [-0.25, -0.2) is 10.5 Å². The summed E-state index contributed by atoms with van der Waals surface area (Å²) in [6, 6.07) is 0. The Morgan fingerprint density at radius 2 is 1.21 bits per heavy atom. The van der Waals surface area contributed by atoms with E-state index in [0.29, 0.717) is 0 Å². The van der Waals surface area contributed by atoms with E-state index in [4.69, 9.17) is 18.5 Å². The van der Waals surface area contributed by atoms with E-state index in [0.717, 1.165) is 5.06 Å². The van der Waals surface area contributed by atoms with Crippen LogP contribution in [0.4, 0.5) is 0 Å². The molecule has 0 fully saturated rings. The Morgan fingerprint density at radius 1 is 0.828 bits per heavy atom. The van der Waals surface area contributed by atoms with Crippen molar-refractivity contribution in [2.75, 3.05) is 21.3 Å². The first-order valence-corrected chi connectivity index (χ1v) is 15.6. The second-order valence-corrected chi connectivity index (χ2v) is 19.8. The van der Waals surface area contributed by atoms with Gasteiger partial charge in [0.25, 0.3) is 11.8 Å². The first-order valence-electron chi connectivity index (χ1n) is 9.82. The molecule has 0 unspecified atom stereocenters. The second-order valence-electron chi connectivity index (χ2n) is 10.3. The minimum absolute atomic E-state index is 0.170. The molecule has 0 aliphatic heterocycles. The number of hydroxylamine groups is 3. The summed E-state index contributed by atoms with van der Waals surface area (Å²) < 4.78 is 12.8. The second kappa shape index (κ2) is 10.0. The average molecular weight is 451 g/mol. The van der Waals surface area contributed by atoms with Gasteiger partial charge in [-0.05, 0) is 36.3 Å². The van der Waals surface area contributed by atoms with E-state index in [1.54, 1.807) is 0 Å². The summed E-state index contributed by atoms with van der Waals surface area (Å²) >= 11 is 0. The molecule has 10 heteroatoms. The van der Waals surface area contributed by atoms with Crippen molar-refractivity contribution in [3.8, 4) is 0 Å². The van der Waals surface area contributed by atoms with Crippen LogP contribution in [-0.2, 0) is 28.1 Å². The summed E-state index contributed by atoms with van der Waals surface area (Å²) in [5.74, 6) is -1.04. The number of rotatable bonds is 9. The molecule has 0 aliphatic rings. The van der Waals surface area contributed by atoms with Crippen LogP contribution in [0.3, 0.4) is 0 Å². The molecule has 0 saturated heterocycles. The standard InChI is InChI=1S/C19H42N2O6Si2/c1-18(2,3)28(10,11)26-14(16(22)20-24-8)15(17(23)21(7)25-9)27-29(12,13)19(4,5)6/h14-15H,1-13H3,(H,20,22)/t14-,15-/m1/s1. The number of carbonyl (C=O) groups excluding carboxylic acids is 2. The molecule has 0 aliphatic carbocycles. The minimum atomic E-state index is -2.43. The van der Waals surface area contributed by atoms with Gasteiger partial charge in [0.05, 0.1) is 14.2 Å². The molecule has 0 spiro atoms. The zero-order valence-electron chi connectivity index (χ0n) is 20.6. The van der Waals surface area contributed by atoms with E-state index in [-0.39, 0.29) is 10.1 Å². The lowest BCUT2D eigenvalue weighted by Crippen LogP contribution is -2.60. The van der Waals surface area contributed by atoms with Crippen molar-refractivity contribution >= 4 is 28.4 Å². The smallest absolute Gasteiger partial charge is 0.276 e. The van der Waals surface area contributed by atoms with E-state index in [2.05, 4.69) is 47.0 Å². The average Bonchev–Trinajstić information content (AvgIpc) is 2.54. The van der Waals surface area contributed by atoms with Crippen LogP contribution in [0.1, 0.15) is 41.5 Å². The summed E-state index contributed by atoms with van der Waals surface area (Å²) in [7, 11) is -0.639. The third kappa shape index (κ3) is 7.44. The Morgan fingerprint density at radius 3 is 1.52 bits per heavy atom. The minimum Gasteiger partial charge on any atom is -0.402 e. The number of likely N-dealkylation sites (N-methyl/N-ethyl adjacent to an activating group) is 1. The molecule has 0 aromatic rings. The number of amides is 2. The van der Waals surface area contributed by atoms with Crippen LogP contribution in [0.5, 0.6) is 0 Å². The number of hydrogen-bond donors (Lipinski definition) is 1. The molecule has 29 heavy (non-hydrogen) atoms. The van der Waals surface area contributed by atoms with E-state index in [1.165, 1.54) is 21.3 Å². The quantitative estimate of drug-likeness (QED) is 0.428. The van der Waals surface area contributed by atoms with E-state index in [9.17, 15) is 9.59 Å². The fourth-order valence-electron chi connectivity index (χ4n) is 1.91. The SMILES string of the molecule is CONC(=O)[C@H](O[Si](C)(C)C(C)(C)C)[C@@H](O[Si](C)(C)C(C)(C)C)C(=O)N(C)OC. The maximum atomic E-state index is 13.2. The fraction of sp³-hybridized carbons (Fsp3) is 0.895. The van der Waals surface area contributed by atoms with Gasteiger partial charge >= 0.3 is 0 Å². The van der Waals surface area contributed by atoms with Gasteiger partial charge in [-0.2, -0.15) is 0 Å². The molecule has 0 heterocycles. The van der Waals surface area contributed by atoms with Crippen molar-refractivity contribution < 1.29 is 28.1 Å². The summed E-state index contributed by atoms with van der Waals surface area (Å²) in [5, 5.41) is 0.729. The van der Waals surface area contributed by atoms with Gasteiger partial charge in [-0.1, -0.05) is 41.5 Å². The summed E-state index contributed by atoms with van der Waals surface area (Å²) in [6.07, 6.45) is -2.33. The van der Waals surface area contributed by atoms with Crippen LogP contribution >= 0.6 is 0 Å². The fourth-order valence-corrected chi connectivity index (χ4v) is 4.34. The maximum Gasteiger partial charge on any atom is 0.276 e. The third-order valence-electron chi connectivity index (χ3n) is 6.02. The molecule has 0 radical (unpaired) electrons. The third-order valence-corrected chi connectivity index (χ3v) is 14.9. The predicted octanol–water partition coefficient (Wildman–Crippen LogP) is 3.46. The molecule has 172 valence electrons. The van der Waals surface area contributed by atoms with Crippen molar-refractivity contribution in [1.29, 1.82) is 0 Å². The van der Waals surface area contributed by atoms with E-state index >= 15 is 0 Å². The predicted molar refractivity (Wildman–Crippen MR) is 119 cm³/mol. The van der Waals surface area contributed by atoms with Gasteiger partial charge in [0.2, 0.25) is 0 Å². The monoisotopic (exact) mass is 450 g/mol. The van der Waals surface area contributed by atoms with Crippen LogP contribution in [0, 0.1) is 0 Å². The van der Waals surface area contributed by atoms with Gasteiger partial charge in [0.1, 0.15) is 0 Å². The van der Waals surface area contributed by atoms with Crippen LogP contribution in [0.2, 0.25) is 36.3 Å². The van der Waals surface area contributed by atoms with Gasteiger partial charge in [-0.3, -0.25) is 19.3 Å². The molecule has 0 bridgehead atoms. The molecule has 0 aromatic carbocycles. The number of nitrogens with zero attached hydrogens (tertiary/aromatic N) is 1. The lowest BCUT2D eigenvalue weighted by Gasteiger charge is -2.44. The summed E-state index contributed by atoms with van der Waals surface area (Å²) in [6.45, 7) is 20.5. The Labute approximate surface area is 178 Å². The van der Waals surface area contributed by atoms with Gasteiger partial charge in [-0.15, -0.1) is 0 Å². The lowest BCUT2D eigenvalue weighted by molar-refractivity contribution is -0.183. The molecule has 2 amide bonds. The Balaban J connectivity index is 6.34. The molecule has 0 rings (SSSR count). The highest BCUT2D eigenvalue weighted by Gasteiger charge is 2.49. The zero-order valence-corrected chi connectivity index (χ0v) is 22.6. The van der Waals surface area contributed by atoms with Crippen molar-refractivity contribution in [2.45, 2.75) is 90.0 Å². The molecule has 1 N–H and O–H groups in total. The van der Waals surface area contributed by atoms with Gasteiger partial charge < -0.3 is 8.85 Å². The van der Waals surface area contributed by atoms with Crippen LogP contribution in [0.25, 0.3) is 0 Å². The van der Waals surface area contributed by atoms with Crippen molar-refractivity contribution in [2.24, 2.45) is 0 Å². The lowest BCUT2D eigenvalue weighted by atomic mass is 10.2. The molecular weight excluding hydrogens is 408 g/mol. The highest BCUT2D eigenvalue weighted by Crippen LogP contribution is 2.40. The van der Waals surface area contributed by atoms with Crippen molar-refractivity contribution in [3.63, 3.8) is 0 Å². The number of hydrogen-bond acceptors (Lipinski definition) is 6. The maximum absolute atomic E-state index is 13.2. The van der Waals surface area contributed by atoms with Crippen LogP contribution in [-0.4, -0.2) is 67.0 Å². The highest BCUT2D eigenvalue weighted by atomic mass is 28.4. The first-order chi connectivity index (χ1) is 12.8. The van der Waals surface area contributed by atoms with Gasteiger partial charge in [0, 0.05) is 7.05 Å². The van der Waals surface area contributed by atoms with Gasteiger partial charge in [0.15, 0.2) is 28.8 Å². The zero-order chi connectivity index (χ0) is 23.4. The first kappa shape index (κ1) is 28.2. The topological polar surface area (TPSA) is 86.3 Å². The Kier molecular flexibility index (Phi) is 9.74. The highest BCUT2D eigenvalue weighted by molar-refractivity contribution is 6.75.